The minimum Gasteiger partial charge on any atom is -0.481 e. The number of aliphatic hydroxyl groups excluding tert-OH is 1. The molecule has 120 valence electrons. The van der Waals surface area contributed by atoms with Gasteiger partial charge in [0.2, 0.25) is 5.91 Å². The summed E-state index contributed by atoms with van der Waals surface area (Å²) in [6.07, 6.45) is -0.450. The van der Waals surface area contributed by atoms with E-state index >= 15 is 0 Å². The Morgan fingerprint density at radius 2 is 2.19 bits per heavy atom. The standard InChI is InChI=1S/C12H21N3O6/c1-21-7-5-14(4-6-16)12(20)15-3-2-13-11(19)9(15)8-10(17)18/h9,16H,2-8H2,1H3,(H,13,19)(H,17,18). The molecule has 3 amide bonds. The molecule has 1 aliphatic heterocycles. The number of hydrogen-bond acceptors (Lipinski definition) is 5. The molecule has 1 aliphatic rings. The van der Waals surface area contributed by atoms with Gasteiger partial charge in [-0.2, -0.15) is 0 Å². The molecule has 0 saturated carbocycles. The van der Waals surface area contributed by atoms with E-state index < -0.39 is 30.4 Å². The number of urea groups is 1. The molecule has 9 nitrogen and oxygen atoms in total. The summed E-state index contributed by atoms with van der Waals surface area (Å²) in [5, 5.41) is 20.4. The normalized spacial score (nSPS) is 18.3. The first-order chi connectivity index (χ1) is 10.0. The number of carbonyl (C=O) groups excluding carboxylic acids is 2. The Balaban J connectivity index is 2.82. The summed E-state index contributed by atoms with van der Waals surface area (Å²) in [6, 6.07) is -1.50. The molecule has 3 N–H and O–H groups in total. The number of piperazine rings is 1. The Morgan fingerprint density at radius 1 is 1.48 bits per heavy atom. The van der Waals surface area contributed by atoms with Crippen LogP contribution in [0.1, 0.15) is 6.42 Å². The fourth-order valence-corrected chi connectivity index (χ4v) is 2.12. The van der Waals surface area contributed by atoms with Crippen LogP contribution in [0.3, 0.4) is 0 Å². The number of carboxylic acid groups (broad SMARTS) is 1. The second kappa shape index (κ2) is 8.42. The fraction of sp³-hybridized carbons (Fsp3) is 0.750. The molecule has 1 saturated heterocycles. The number of carbonyl (C=O) groups is 3. The molecule has 21 heavy (non-hydrogen) atoms. The van der Waals surface area contributed by atoms with Crippen molar-refractivity contribution in [3.8, 4) is 0 Å². The second-order valence-corrected chi connectivity index (χ2v) is 4.58. The van der Waals surface area contributed by atoms with Crippen molar-refractivity contribution in [2.45, 2.75) is 12.5 Å². The van der Waals surface area contributed by atoms with Gasteiger partial charge in [-0.3, -0.25) is 9.59 Å². The number of nitrogens with one attached hydrogen (secondary N) is 1. The molecule has 1 atom stereocenters. The summed E-state index contributed by atoms with van der Waals surface area (Å²) in [5.74, 6) is -1.63. The molecule has 1 fully saturated rings. The zero-order valence-corrected chi connectivity index (χ0v) is 11.9. The van der Waals surface area contributed by atoms with Crippen molar-refractivity contribution in [2.24, 2.45) is 0 Å². The van der Waals surface area contributed by atoms with Gasteiger partial charge in [-0.1, -0.05) is 0 Å². The van der Waals surface area contributed by atoms with E-state index in [1.54, 1.807) is 0 Å². The highest BCUT2D eigenvalue weighted by molar-refractivity contribution is 5.91. The molecule has 0 radical (unpaired) electrons. The number of rotatable bonds is 7. The van der Waals surface area contributed by atoms with Crippen LogP contribution in [0.5, 0.6) is 0 Å². The number of nitrogens with zero attached hydrogens (tertiary/aromatic N) is 2. The van der Waals surface area contributed by atoms with Crippen molar-refractivity contribution < 1.29 is 29.3 Å². The summed E-state index contributed by atoms with van der Waals surface area (Å²) >= 11 is 0. The van der Waals surface area contributed by atoms with Crippen LogP contribution < -0.4 is 5.32 Å². The summed E-state index contributed by atoms with van der Waals surface area (Å²) in [7, 11) is 1.49. The molecular formula is C12H21N3O6. The average molecular weight is 303 g/mol. The number of methoxy groups -OCH3 is 1. The first kappa shape index (κ1) is 17.2. The van der Waals surface area contributed by atoms with Crippen molar-refractivity contribution in [1.82, 2.24) is 15.1 Å². The smallest absolute Gasteiger partial charge is 0.320 e. The van der Waals surface area contributed by atoms with Gasteiger partial charge in [-0.05, 0) is 0 Å². The zero-order valence-electron chi connectivity index (χ0n) is 11.9. The van der Waals surface area contributed by atoms with Crippen LogP contribution in [-0.4, -0.2) is 90.5 Å². The van der Waals surface area contributed by atoms with Crippen molar-refractivity contribution in [3.05, 3.63) is 0 Å². The third kappa shape index (κ3) is 4.87. The fourth-order valence-electron chi connectivity index (χ4n) is 2.12. The van der Waals surface area contributed by atoms with Crippen LogP contribution in [0.15, 0.2) is 0 Å². The van der Waals surface area contributed by atoms with Gasteiger partial charge in [0.05, 0.1) is 19.6 Å². The maximum Gasteiger partial charge on any atom is 0.320 e. The Bertz CT molecular complexity index is 389. The molecular weight excluding hydrogens is 282 g/mol. The van der Waals surface area contributed by atoms with Crippen LogP contribution in [0.25, 0.3) is 0 Å². The van der Waals surface area contributed by atoms with E-state index in [2.05, 4.69) is 5.32 Å². The molecule has 0 aromatic rings. The van der Waals surface area contributed by atoms with Gasteiger partial charge in [0, 0.05) is 33.3 Å². The number of aliphatic carboxylic acids is 1. The van der Waals surface area contributed by atoms with Crippen molar-refractivity contribution >= 4 is 17.9 Å². The highest BCUT2D eigenvalue weighted by atomic mass is 16.5. The highest BCUT2D eigenvalue weighted by Crippen LogP contribution is 2.12. The van der Waals surface area contributed by atoms with Crippen LogP contribution in [0.2, 0.25) is 0 Å². The topological polar surface area (TPSA) is 119 Å². The Labute approximate surface area is 122 Å². The maximum absolute atomic E-state index is 12.4. The third-order valence-electron chi connectivity index (χ3n) is 3.15. The van der Waals surface area contributed by atoms with E-state index in [0.29, 0.717) is 0 Å². The van der Waals surface area contributed by atoms with Crippen molar-refractivity contribution in [3.63, 3.8) is 0 Å². The van der Waals surface area contributed by atoms with Crippen LogP contribution in [-0.2, 0) is 14.3 Å². The van der Waals surface area contributed by atoms with Crippen molar-refractivity contribution in [1.29, 1.82) is 0 Å². The van der Waals surface area contributed by atoms with Gasteiger partial charge in [-0.15, -0.1) is 0 Å². The minimum absolute atomic E-state index is 0.0973. The SMILES string of the molecule is COCCN(CCO)C(=O)N1CCNC(=O)C1CC(=O)O. The van der Waals surface area contributed by atoms with Crippen LogP contribution >= 0.6 is 0 Å². The monoisotopic (exact) mass is 303 g/mol. The van der Waals surface area contributed by atoms with Crippen LogP contribution in [0, 0.1) is 0 Å². The van der Waals surface area contributed by atoms with Gasteiger partial charge in [0.1, 0.15) is 6.04 Å². The van der Waals surface area contributed by atoms with Gasteiger partial charge in [0.25, 0.3) is 0 Å². The highest BCUT2D eigenvalue weighted by Gasteiger charge is 2.36. The van der Waals surface area contributed by atoms with Crippen LogP contribution in [0.4, 0.5) is 4.79 Å². The molecule has 0 aromatic heterocycles. The molecule has 0 bridgehead atoms. The van der Waals surface area contributed by atoms with E-state index in [4.69, 9.17) is 14.9 Å². The lowest BCUT2D eigenvalue weighted by molar-refractivity contribution is -0.142. The van der Waals surface area contributed by atoms with E-state index in [9.17, 15) is 14.4 Å². The minimum atomic E-state index is -1.15. The third-order valence-corrected chi connectivity index (χ3v) is 3.15. The quantitative estimate of drug-likeness (QED) is 0.517. The molecule has 1 heterocycles. The molecule has 0 aromatic carbocycles. The predicted octanol–water partition coefficient (Wildman–Crippen LogP) is -1.68. The Hall–Kier alpha value is -1.87. The Kier molecular flexibility index (Phi) is 6.89. The van der Waals surface area contributed by atoms with Crippen molar-refractivity contribution in [2.75, 3.05) is 46.5 Å². The van der Waals surface area contributed by atoms with Gasteiger partial charge < -0.3 is 30.1 Å². The number of hydrogen-bond donors (Lipinski definition) is 3. The number of carboxylic acids is 1. The van der Waals surface area contributed by atoms with Gasteiger partial charge >= 0.3 is 12.0 Å². The van der Waals surface area contributed by atoms with E-state index in [1.807, 2.05) is 0 Å². The lowest BCUT2D eigenvalue weighted by Crippen LogP contribution is -2.61. The Morgan fingerprint density at radius 3 is 2.76 bits per heavy atom. The summed E-state index contributed by atoms with van der Waals surface area (Å²) in [5.41, 5.74) is 0. The number of ether oxygens (including phenoxy) is 1. The summed E-state index contributed by atoms with van der Waals surface area (Å²) in [4.78, 5) is 37.7. The lowest BCUT2D eigenvalue weighted by atomic mass is 10.1. The van der Waals surface area contributed by atoms with Gasteiger partial charge in [-0.25, -0.2) is 4.79 Å². The van der Waals surface area contributed by atoms with E-state index in [0.717, 1.165) is 0 Å². The average Bonchev–Trinajstić information content (AvgIpc) is 2.44. The number of amides is 3. The first-order valence-corrected chi connectivity index (χ1v) is 6.66. The maximum atomic E-state index is 12.4. The molecule has 9 heteroatoms. The lowest BCUT2D eigenvalue weighted by Gasteiger charge is -2.37. The second-order valence-electron chi connectivity index (χ2n) is 4.58. The number of aliphatic hydroxyl groups is 1. The summed E-state index contributed by atoms with van der Waals surface area (Å²) in [6.45, 7) is 0.928. The molecule has 0 spiro atoms. The summed E-state index contributed by atoms with van der Waals surface area (Å²) < 4.78 is 4.90. The molecule has 1 rings (SSSR count). The molecule has 0 aliphatic carbocycles. The van der Waals surface area contributed by atoms with Gasteiger partial charge in [0.15, 0.2) is 0 Å². The van der Waals surface area contributed by atoms with E-state index in [-0.39, 0.29) is 39.4 Å². The van der Waals surface area contributed by atoms with E-state index in [1.165, 1.54) is 16.9 Å². The first-order valence-electron chi connectivity index (χ1n) is 6.66. The largest absolute Gasteiger partial charge is 0.481 e. The predicted molar refractivity (Wildman–Crippen MR) is 71.7 cm³/mol. The molecule has 1 unspecified atom stereocenters. The zero-order chi connectivity index (χ0) is 15.8.